The number of nitriles is 3. The SMILES string of the molecule is CC(C)(C#N)N=NC(N)=O.N#CC1CCCCC1N=NC1CCCCC1C#N. The normalized spacial score (nSPS) is 27.8. The molecule has 0 saturated heterocycles. The second-order valence-corrected chi connectivity index (χ2v) is 7.61. The molecule has 0 aromatic carbocycles. The second kappa shape index (κ2) is 11.8. The maximum atomic E-state index is 10.0. The van der Waals surface area contributed by atoms with Crippen molar-refractivity contribution in [2.45, 2.75) is 82.8 Å². The number of amides is 2. The molecule has 4 atom stereocenters. The number of rotatable bonds is 3. The highest BCUT2D eigenvalue weighted by atomic mass is 16.2. The Morgan fingerprint density at radius 2 is 1.32 bits per heavy atom. The van der Waals surface area contributed by atoms with Crippen LogP contribution in [0.4, 0.5) is 4.79 Å². The molecular formula is C19H28N8O. The van der Waals surface area contributed by atoms with Crippen LogP contribution in [0.3, 0.4) is 0 Å². The first-order chi connectivity index (χ1) is 13.3. The van der Waals surface area contributed by atoms with Crippen LogP contribution in [0.2, 0.25) is 0 Å². The van der Waals surface area contributed by atoms with E-state index in [1.807, 2.05) is 6.07 Å². The van der Waals surface area contributed by atoms with Gasteiger partial charge in [0.05, 0.1) is 42.1 Å². The zero-order valence-electron chi connectivity index (χ0n) is 16.6. The average Bonchev–Trinajstić information content (AvgIpc) is 2.71. The van der Waals surface area contributed by atoms with E-state index in [0.29, 0.717) is 0 Å². The van der Waals surface area contributed by atoms with Crippen LogP contribution in [0.5, 0.6) is 0 Å². The Labute approximate surface area is 166 Å². The number of urea groups is 1. The monoisotopic (exact) mass is 384 g/mol. The minimum absolute atomic E-state index is 0.0339. The van der Waals surface area contributed by atoms with Gasteiger partial charge in [-0.25, -0.2) is 4.79 Å². The molecule has 2 N–H and O–H groups in total. The number of nitrogens with two attached hydrogens (primary N) is 1. The molecule has 0 spiro atoms. The van der Waals surface area contributed by atoms with Gasteiger partial charge in [-0.2, -0.15) is 31.1 Å². The van der Waals surface area contributed by atoms with Crippen LogP contribution in [0, 0.1) is 45.8 Å². The van der Waals surface area contributed by atoms with Crippen molar-refractivity contribution in [1.29, 1.82) is 15.8 Å². The Morgan fingerprint density at radius 1 is 0.893 bits per heavy atom. The van der Waals surface area contributed by atoms with Gasteiger partial charge in [-0.05, 0) is 39.5 Å². The van der Waals surface area contributed by atoms with Crippen molar-refractivity contribution in [2.75, 3.05) is 0 Å². The molecule has 0 heterocycles. The molecular weight excluding hydrogens is 356 g/mol. The summed E-state index contributed by atoms with van der Waals surface area (Å²) in [6.07, 6.45) is 8.42. The van der Waals surface area contributed by atoms with Crippen LogP contribution >= 0.6 is 0 Å². The summed E-state index contributed by atoms with van der Waals surface area (Å²) in [6.45, 7) is 3.05. The number of primary amides is 1. The second-order valence-electron chi connectivity index (χ2n) is 7.61. The lowest BCUT2D eigenvalue weighted by Gasteiger charge is -2.25. The van der Waals surface area contributed by atoms with Gasteiger partial charge in [0.25, 0.3) is 0 Å². The summed E-state index contributed by atoms with van der Waals surface area (Å²) in [4.78, 5) is 10.0. The molecule has 0 bridgehead atoms. The van der Waals surface area contributed by atoms with E-state index in [-0.39, 0.29) is 23.9 Å². The molecule has 9 heteroatoms. The third-order valence-electron chi connectivity index (χ3n) is 4.83. The Kier molecular flexibility index (Phi) is 9.74. The van der Waals surface area contributed by atoms with Gasteiger partial charge in [-0.1, -0.05) is 30.8 Å². The molecule has 28 heavy (non-hydrogen) atoms. The van der Waals surface area contributed by atoms with Gasteiger partial charge in [0, 0.05) is 0 Å². The van der Waals surface area contributed by atoms with E-state index < -0.39 is 11.6 Å². The first-order valence-electron chi connectivity index (χ1n) is 9.65. The van der Waals surface area contributed by atoms with Crippen LogP contribution in [0.15, 0.2) is 20.5 Å². The van der Waals surface area contributed by atoms with E-state index >= 15 is 0 Å². The predicted molar refractivity (Wildman–Crippen MR) is 102 cm³/mol. The Bertz CT molecular complexity index is 658. The molecule has 150 valence electrons. The first kappa shape index (κ1) is 23.2. The van der Waals surface area contributed by atoms with Gasteiger partial charge < -0.3 is 5.73 Å². The molecule has 0 aliphatic heterocycles. The van der Waals surface area contributed by atoms with Crippen molar-refractivity contribution in [2.24, 2.45) is 38.0 Å². The highest BCUT2D eigenvalue weighted by Crippen LogP contribution is 2.30. The maximum absolute atomic E-state index is 10.0. The van der Waals surface area contributed by atoms with Crippen molar-refractivity contribution in [1.82, 2.24) is 0 Å². The quantitative estimate of drug-likeness (QED) is 0.712. The number of nitrogens with zero attached hydrogens (tertiary/aromatic N) is 7. The number of hydrogen-bond donors (Lipinski definition) is 1. The number of carbonyl (C=O) groups excluding carboxylic acids is 1. The van der Waals surface area contributed by atoms with Crippen molar-refractivity contribution in [3.63, 3.8) is 0 Å². The van der Waals surface area contributed by atoms with Crippen LogP contribution in [-0.2, 0) is 0 Å². The lowest BCUT2D eigenvalue weighted by molar-refractivity contribution is 0.254. The number of carbonyl (C=O) groups is 1. The fourth-order valence-corrected chi connectivity index (χ4v) is 3.17. The summed E-state index contributed by atoms with van der Waals surface area (Å²) in [6, 6.07) is 5.79. The van der Waals surface area contributed by atoms with Gasteiger partial charge in [0.2, 0.25) is 0 Å². The molecule has 0 radical (unpaired) electrons. The first-order valence-corrected chi connectivity index (χ1v) is 9.65. The summed E-state index contributed by atoms with van der Waals surface area (Å²) in [7, 11) is 0. The summed E-state index contributed by atoms with van der Waals surface area (Å²) in [5, 5.41) is 41.7. The molecule has 2 amide bonds. The summed E-state index contributed by atoms with van der Waals surface area (Å²) >= 11 is 0. The fraction of sp³-hybridized carbons (Fsp3) is 0.789. The van der Waals surface area contributed by atoms with Crippen molar-refractivity contribution < 1.29 is 4.79 Å². The summed E-state index contributed by atoms with van der Waals surface area (Å²) < 4.78 is 0. The van der Waals surface area contributed by atoms with E-state index in [4.69, 9.17) is 15.8 Å². The third-order valence-corrected chi connectivity index (χ3v) is 4.83. The van der Waals surface area contributed by atoms with Gasteiger partial charge >= 0.3 is 6.03 Å². The molecule has 2 rings (SSSR count). The minimum Gasteiger partial charge on any atom is -0.348 e. The highest BCUT2D eigenvalue weighted by Gasteiger charge is 2.27. The maximum Gasteiger partial charge on any atom is 0.356 e. The molecule has 0 aromatic heterocycles. The van der Waals surface area contributed by atoms with Gasteiger partial charge in [-0.15, -0.1) is 0 Å². The van der Waals surface area contributed by atoms with Crippen LogP contribution in [0.1, 0.15) is 65.2 Å². The van der Waals surface area contributed by atoms with Gasteiger partial charge in [0.15, 0.2) is 5.54 Å². The average molecular weight is 384 g/mol. The van der Waals surface area contributed by atoms with Crippen LogP contribution in [-0.4, -0.2) is 23.7 Å². The number of azo groups is 2. The molecule has 0 aromatic rings. The molecule has 2 fully saturated rings. The van der Waals surface area contributed by atoms with E-state index in [9.17, 15) is 4.79 Å². The van der Waals surface area contributed by atoms with Gasteiger partial charge in [0.1, 0.15) is 0 Å². The van der Waals surface area contributed by atoms with E-state index in [1.165, 1.54) is 13.8 Å². The van der Waals surface area contributed by atoms with Crippen LogP contribution < -0.4 is 5.73 Å². The topological polar surface area (TPSA) is 164 Å². The summed E-state index contributed by atoms with van der Waals surface area (Å²) in [5.74, 6) is 0.0678. The Hall–Kier alpha value is -2.86. The minimum atomic E-state index is -0.963. The highest BCUT2D eigenvalue weighted by molar-refractivity contribution is 5.71. The number of hydrogen-bond acceptors (Lipinski definition) is 7. The Morgan fingerprint density at radius 3 is 1.68 bits per heavy atom. The molecule has 9 nitrogen and oxygen atoms in total. The van der Waals surface area contributed by atoms with Gasteiger partial charge in [-0.3, -0.25) is 0 Å². The van der Waals surface area contributed by atoms with E-state index in [2.05, 4.69) is 38.3 Å². The lowest BCUT2D eigenvalue weighted by Crippen LogP contribution is -2.24. The zero-order valence-corrected chi connectivity index (χ0v) is 16.6. The molecule has 2 aliphatic rings. The standard InChI is InChI=1S/C14H20N4.C5H8N4O/c15-9-11-5-1-3-7-13(11)17-18-14-8-4-2-6-12(14)10-16;1-5(2,3-6)9-8-4(7)10/h11-14H,1-8H2;1-2H3,(H2,7,10). The van der Waals surface area contributed by atoms with Crippen molar-refractivity contribution in [3.8, 4) is 18.2 Å². The predicted octanol–water partition coefficient (Wildman–Crippen LogP) is 4.42. The largest absolute Gasteiger partial charge is 0.356 e. The molecule has 4 unspecified atom stereocenters. The van der Waals surface area contributed by atoms with Crippen LogP contribution in [0.25, 0.3) is 0 Å². The Balaban J connectivity index is 0.000000336. The van der Waals surface area contributed by atoms with E-state index in [0.717, 1.165) is 51.4 Å². The molecule has 2 saturated carbocycles. The fourth-order valence-electron chi connectivity index (χ4n) is 3.17. The third kappa shape index (κ3) is 8.22. The zero-order chi connectivity index (χ0) is 21.0. The lowest BCUT2D eigenvalue weighted by atomic mass is 9.85. The van der Waals surface area contributed by atoms with Crippen molar-refractivity contribution >= 4 is 6.03 Å². The van der Waals surface area contributed by atoms with E-state index in [1.54, 1.807) is 0 Å². The smallest absolute Gasteiger partial charge is 0.348 e. The summed E-state index contributed by atoms with van der Waals surface area (Å²) in [5.41, 5.74) is 3.68. The molecule has 2 aliphatic carbocycles. The van der Waals surface area contributed by atoms with Crippen molar-refractivity contribution in [3.05, 3.63) is 0 Å².